The maximum absolute atomic E-state index is 12.6. The fourth-order valence-electron chi connectivity index (χ4n) is 2.77. The van der Waals surface area contributed by atoms with Crippen molar-refractivity contribution >= 4 is 17.6 Å². The molecule has 0 bridgehead atoms. The Bertz CT molecular complexity index is 604. The van der Waals surface area contributed by atoms with Crippen molar-refractivity contribution in [2.75, 3.05) is 51.4 Å². The molecule has 0 aliphatic carbocycles. The predicted octanol–water partition coefficient (Wildman–Crippen LogP) is 1.45. The molecule has 26 heavy (non-hydrogen) atoms. The molecule has 1 N–H and O–H groups in total. The van der Waals surface area contributed by atoms with E-state index in [2.05, 4.69) is 5.32 Å². The van der Waals surface area contributed by atoms with Crippen LogP contribution in [0.4, 0.5) is 10.5 Å². The number of methoxy groups -OCH3 is 1. The highest BCUT2D eigenvalue weighted by Crippen LogP contribution is 2.30. The second-order valence-corrected chi connectivity index (χ2v) is 5.67. The predicted molar refractivity (Wildman–Crippen MR) is 97.4 cm³/mol. The zero-order valence-corrected chi connectivity index (χ0v) is 15.6. The van der Waals surface area contributed by atoms with Crippen LogP contribution in [0.5, 0.6) is 5.75 Å². The molecule has 0 radical (unpaired) electrons. The van der Waals surface area contributed by atoms with Gasteiger partial charge < -0.3 is 24.4 Å². The van der Waals surface area contributed by atoms with E-state index in [0.717, 1.165) is 0 Å². The average molecular weight is 365 g/mol. The maximum Gasteiger partial charge on any atom is 0.325 e. The molecular formula is C18H27N3O5. The summed E-state index contributed by atoms with van der Waals surface area (Å²) in [6.45, 7) is 5.95. The van der Waals surface area contributed by atoms with E-state index in [1.54, 1.807) is 18.1 Å². The van der Waals surface area contributed by atoms with Crippen LogP contribution in [-0.2, 0) is 14.3 Å². The zero-order valence-electron chi connectivity index (χ0n) is 15.6. The lowest BCUT2D eigenvalue weighted by Crippen LogP contribution is -2.43. The monoisotopic (exact) mass is 365 g/mol. The number of urea groups is 1. The third-order valence-corrected chi connectivity index (χ3v) is 3.98. The Morgan fingerprint density at radius 3 is 2.54 bits per heavy atom. The second kappa shape index (κ2) is 9.98. The van der Waals surface area contributed by atoms with Gasteiger partial charge in [-0.15, -0.1) is 0 Å². The number of para-hydroxylation sites is 2. The third kappa shape index (κ3) is 5.09. The topological polar surface area (TPSA) is 80.3 Å². The second-order valence-electron chi connectivity index (χ2n) is 5.67. The van der Waals surface area contributed by atoms with Crippen molar-refractivity contribution in [3.8, 4) is 5.75 Å². The summed E-state index contributed by atoms with van der Waals surface area (Å²) in [6.07, 6.45) is -0.478. The summed E-state index contributed by atoms with van der Waals surface area (Å²) in [7, 11) is 1.57. The molecule has 0 unspecified atom stereocenters. The maximum atomic E-state index is 12.6. The van der Waals surface area contributed by atoms with E-state index in [-0.39, 0.29) is 25.0 Å². The van der Waals surface area contributed by atoms with Gasteiger partial charge in [-0.3, -0.25) is 9.69 Å². The molecule has 3 amide bonds. The van der Waals surface area contributed by atoms with Crippen LogP contribution < -0.4 is 15.0 Å². The van der Waals surface area contributed by atoms with Gasteiger partial charge in [0, 0.05) is 26.3 Å². The van der Waals surface area contributed by atoms with Crippen LogP contribution >= 0.6 is 0 Å². The molecule has 0 spiro atoms. The van der Waals surface area contributed by atoms with E-state index >= 15 is 0 Å². The fourth-order valence-corrected chi connectivity index (χ4v) is 2.77. The highest BCUT2D eigenvalue weighted by molar-refractivity contribution is 5.97. The van der Waals surface area contributed by atoms with Crippen molar-refractivity contribution in [1.29, 1.82) is 0 Å². The largest absolute Gasteiger partial charge is 0.495 e. The van der Waals surface area contributed by atoms with Gasteiger partial charge in [-0.05, 0) is 26.0 Å². The van der Waals surface area contributed by atoms with Gasteiger partial charge in [-0.2, -0.15) is 0 Å². The Hall–Kier alpha value is -2.32. The Morgan fingerprint density at radius 1 is 1.19 bits per heavy atom. The molecule has 1 aliphatic heterocycles. The Balaban J connectivity index is 1.89. The van der Waals surface area contributed by atoms with Crippen molar-refractivity contribution in [2.45, 2.75) is 20.1 Å². The summed E-state index contributed by atoms with van der Waals surface area (Å²) < 4.78 is 16.1. The SMILES string of the molecule is CCOC(CNC(=O)CN1CCN(c2ccccc2OC)C1=O)OCC. The van der Waals surface area contributed by atoms with E-state index in [1.807, 2.05) is 32.0 Å². The van der Waals surface area contributed by atoms with E-state index in [9.17, 15) is 9.59 Å². The normalized spacial score (nSPS) is 14.2. The first-order valence-corrected chi connectivity index (χ1v) is 8.80. The lowest BCUT2D eigenvalue weighted by atomic mass is 10.2. The van der Waals surface area contributed by atoms with Crippen LogP contribution in [0.3, 0.4) is 0 Å². The number of carbonyl (C=O) groups is 2. The molecular weight excluding hydrogens is 338 g/mol. The van der Waals surface area contributed by atoms with Gasteiger partial charge in [0.15, 0.2) is 6.29 Å². The number of hydrogen-bond acceptors (Lipinski definition) is 5. The number of ether oxygens (including phenoxy) is 3. The van der Waals surface area contributed by atoms with Crippen LogP contribution in [0.2, 0.25) is 0 Å². The molecule has 0 aromatic heterocycles. The van der Waals surface area contributed by atoms with Crippen LogP contribution in [-0.4, -0.2) is 69.6 Å². The summed E-state index contributed by atoms with van der Waals surface area (Å²) in [5, 5.41) is 2.75. The molecule has 2 rings (SSSR count). The molecule has 8 nitrogen and oxygen atoms in total. The molecule has 1 fully saturated rings. The van der Waals surface area contributed by atoms with Crippen molar-refractivity contribution in [2.24, 2.45) is 0 Å². The van der Waals surface area contributed by atoms with Crippen molar-refractivity contribution in [3.05, 3.63) is 24.3 Å². The number of nitrogens with zero attached hydrogens (tertiary/aromatic N) is 2. The third-order valence-electron chi connectivity index (χ3n) is 3.98. The minimum absolute atomic E-state index is 0.00451. The first-order chi connectivity index (χ1) is 12.6. The number of nitrogens with one attached hydrogen (secondary N) is 1. The van der Waals surface area contributed by atoms with Crippen molar-refractivity contribution in [3.63, 3.8) is 0 Å². The number of hydrogen-bond donors (Lipinski definition) is 1. The summed E-state index contributed by atoms with van der Waals surface area (Å²) in [5.74, 6) is 0.382. The van der Waals surface area contributed by atoms with Gasteiger partial charge in [-0.1, -0.05) is 12.1 Å². The van der Waals surface area contributed by atoms with Gasteiger partial charge in [0.05, 0.1) is 19.3 Å². The lowest BCUT2D eigenvalue weighted by molar-refractivity contribution is -0.140. The van der Waals surface area contributed by atoms with Crippen molar-refractivity contribution in [1.82, 2.24) is 10.2 Å². The fraction of sp³-hybridized carbons (Fsp3) is 0.556. The lowest BCUT2D eigenvalue weighted by Gasteiger charge is -2.21. The summed E-state index contributed by atoms with van der Waals surface area (Å²) in [4.78, 5) is 27.9. The highest BCUT2D eigenvalue weighted by atomic mass is 16.7. The summed E-state index contributed by atoms with van der Waals surface area (Å²) >= 11 is 0. The first kappa shape index (κ1) is 20.0. The van der Waals surface area contributed by atoms with E-state index in [0.29, 0.717) is 37.7 Å². The number of anilines is 1. The number of rotatable bonds is 10. The molecule has 144 valence electrons. The molecule has 1 aliphatic rings. The minimum atomic E-state index is -0.478. The summed E-state index contributed by atoms with van der Waals surface area (Å²) in [6, 6.07) is 7.12. The van der Waals surface area contributed by atoms with E-state index < -0.39 is 6.29 Å². The number of benzene rings is 1. The van der Waals surface area contributed by atoms with Gasteiger partial charge in [0.2, 0.25) is 5.91 Å². The van der Waals surface area contributed by atoms with Gasteiger partial charge in [0.1, 0.15) is 12.3 Å². The molecule has 1 heterocycles. The molecule has 1 aromatic carbocycles. The van der Waals surface area contributed by atoms with E-state index in [1.165, 1.54) is 4.90 Å². The number of amides is 3. The standard InChI is InChI=1S/C18H27N3O5/c1-4-25-17(26-5-2)12-19-16(22)13-20-10-11-21(18(20)23)14-8-6-7-9-15(14)24-3/h6-9,17H,4-5,10-13H2,1-3H3,(H,19,22). The van der Waals surface area contributed by atoms with Gasteiger partial charge >= 0.3 is 6.03 Å². The van der Waals surface area contributed by atoms with Crippen LogP contribution in [0.25, 0.3) is 0 Å². The van der Waals surface area contributed by atoms with Crippen LogP contribution in [0.1, 0.15) is 13.8 Å². The molecule has 8 heteroatoms. The Labute approximate surface area is 154 Å². The van der Waals surface area contributed by atoms with Crippen LogP contribution in [0.15, 0.2) is 24.3 Å². The molecule has 1 saturated heterocycles. The quantitative estimate of drug-likeness (QED) is 0.635. The molecule has 0 atom stereocenters. The van der Waals surface area contributed by atoms with E-state index in [4.69, 9.17) is 14.2 Å². The van der Waals surface area contributed by atoms with Crippen molar-refractivity contribution < 1.29 is 23.8 Å². The number of carbonyl (C=O) groups excluding carboxylic acids is 2. The zero-order chi connectivity index (χ0) is 18.9. The van der Waals surface area contributed by atoms with Crippen LogP contribution in [0, 0.1) is 0 Å². The molecule has 0 saturated carbocycles. The van der Waals surface area contributed by atoms with Gasteiger partial charge in [0.25, 0.3) is 0 Å². The highest BCUT2D eigenvalue weighted by Gasteiger charge is 2.32. The first-order valence-electron chi connectivity index (χ1n) is 8.80. The average Bonchev–Trinajstić information content (AvgIpc) is 3.00. The Morgan fingerprint density at radius 2 is 1.88 bits per heavy atom. The Kier molecular flexibility index (Phi) is 7.68. The summed E-state index contributed by atoms with van der Waals surface area (Å²) in [5.41, 5.74) is 0.704. The minimum Gasteiger partial charge on any atom is -0.495 e. The molecule has 1 aromatic rings. The van der Waals surface area contributed by atoms with Gasteiger partial charge in [-0.25, -0.2) is 4.79 Å². The smallest absolute Gasteiger partial charge is 0.325 e.